The van der Waals surface area contributed by atoms with E-state index in [-0.39, 0.29) is 5.91 Å². The minimum absolute atomic E-state index is 0.123. The number of carbonyl (C=O) groups is 1. The number of amides is 1. The van der Waals surface area contributed by atoms with Gasteiger partial charge < -0.3 is 11.1 Å². The Morgan fingerprint density at radius 3 is 2.93 bits per heavy atom. The van der Waals surface area contributed by atoms with Crippen molar-refractivity contribution in [3.63, 3.8) is 0 Å². The van der Waals surface area contributed by atoms with Crippen molar-refractivity contribution in [3.8, 4) is 0 Å². The van der Waals surface area contributed by atoms with Crippen LogP contribution in [-0.2, 0) is 4.79 Å². The van der Waals surface area contributed by atoms with Gasteiger partial charge in [-0.15, -0.1) is 0 Å². The van der Waals surface area contributed by atoms with Crippen LogP contribution in [0.5, 0.6) is 0 Å². The number of carbonyl (C=O) groups excluding carboxylic acids is 1. The van der Waals surface area contributed by atoms with E-state index in [0.717, 1.165) is 13.0 Å². The van der Waals surface area contributed by atoms with Gasteiger partial charge in [0.2, 0.25) is 5.91 Å². The van der Waals surface area contributed by atoms with Crippen molar-refractivity contribution >= 4 is 5.91 Å². The maximum absolute atomic E-state index is 11.5. The zero-order chi connectivity index (χ0) is 11.1. The van der Waals surface area contributed by atoms with Gasteiger partial charge in [-0.3, -0.25) is 9.69 Å². The van der Waals surface area contributed by atoms with Crippen LogP contribution in [-0.4, -0.2) is 43.0 Å². The van der Waals surface area contributed by atoms with Crippen molar-refractivity contribution < 1.29 is 4.79 Å². The number of hydrogen-bond acceptors (Lipinski definition) is 3. The van der Waals surface area contributed by atoms with Crippen molar-refractivity contribution in [2.75, 3.05) is 26.2 Å². The molecule has 15 heavy (non-hydrogen) atoms. The van der Waals surface area contributed by atoms with Crippen LogP contribution in [0.2, 0.25) is 0 Å². The van der Waals surface area contributed by atoms with Crippen LogP contribution in [0.4, 0.5) is 0 Å². The van der Waals surface area contributed by atoms with Crippen LogP contribution < -0.4 is 11.1 Å². The van der Waals surface area contributed by atoms with Crippen molar-refractivity contribution in [3.05, 3.63) is 0 Å². The molecule has 0 aromatic heterocycles. The maximum Gasteiger partial charge on any atom is 0.234 e. The van der Waals surface area contributed by atoms with E-state index in [0.29, 0.717) is 25.7 Å². The lowest BCUT2D eigenvalue weighted by Crippen LogP contribution is -2.45. The van der Waals surface area contributed by atoms with Gasteiger partial charge in [-0.05, 0) is 26.3 Å². The Bertz CT molecular complexity index is 196. The summed E-state index contributed by atoms with van der Waals surface area (Å²) in [5.74, 6) is 0.123. The first-order valence-electron chi connectivity index (χ1n) is 5.98. The molecule has 1 aliphatic rings. The first kappa shape index (κ1) is 12.5. The molecule has 0 spiro atoms. The van der Waals surface area contributed by atoms with Crippen molar-refractivity contribution in [2.45, 2.75) is 38.6 Å². The normalized spacial score (nSPS) is 23.5. The Morgan fingerprint density at radius 2 is 2.27 bits per heavy atom. The quantitative estimate of drug-likeness (QED) is 0.707. The summed E-state index contributed by atoms with van der Waals surface area (Å²) in [5.41, 5.74) is 5.74. The molecule has 1 fully saturated rings. The van der Waals surface area contributed by atoms with Gasteiger partial charge in [-0.25, -0.2) is 0 Å². The number of rotatable bonds is 4. The fourth-order valence-corrected chi connectivity index (χ4v) is 2.15. The number of nitrogens with one attached hydrogen (secondary N) is 1. The van der Waals surface area contributed by atoms with E-state index in [1.807, 2.05) is 6.92 Å². The van der Waals surface area contributed by atoms with E-state index in [2.05, 4.69) is 10.2 Å². The largest absolute Gasteiger partial charge is 0.355 e. The topological polar surface area (TPSA) is 58.4 Å². The van der Waals surface area contributed by atoms with E-state index < -0.39 is 0 Å². The number of likely N-dealkylation sites (N-methyl/N-ethyl adjacent to an activating group) is 1. The molecule has 1 unspecified atom stereocenters. The number of nitrogens with two attached hydrogens (primary N) is 1. The summed E-state index contributed by atoms with van der Waals surface area (Å²) in [6.07, 6.45) is 4.84. The molecule has 4 nitrogen and oxygen atoms in total. The molecule has 88 valence electrons. The highest BCUT2D eigenvalue weighted by Gasteiger charge is 2.21. The van der Waals surface area contributed by atoms with Gasteiger partial charge in [0.1, 0.15) is 0 Å². The predicted molar refractivity (Wildman–Crippen MR) is 61.6 cm³/mol. The van der Waals surface area contributed by atoms with Gasteiger partial charge >= 0.3 is 0 Å². The van der Waals surface area contributed by atoms with Crippen molar-refractivity contribution in [1.82, 2.24) is 10.2 Å². The van der Waals surface area contributed by atoms with Gasteiger partial charge in [0.15, 0.2) is 0 Å². The third kappa shape index (κ3) is 4.18. The van der Waals surface area contributed by atoms with Crippen LogP contribution in [0.25, 0.3) is 0 Å². The average Bonchev–Trinajstić information content (AvgIpc) is 2.43. The molecule has 1 aliphatic heterocycles. The Balaban J connectivity index is 2.43. The molecule has 1 heterocycles. The highest BCUT2D eigenvalue weighted by atomic mass is 16.2. The standard InChI is InChI=1S/C11H23N3O/c1-2-13-11(15)9-14-7-5-3-4-6-10(14)8-12/h10H,2-9,12H2,1H3,(H,13,15). The molecule has 1 atom stereocenters. The number of nitrogens with zero attached hydrogens (tertiary/aromatic N) is 1. The first-order chi connectivity index (χ1) is 7.27. The molecule has 4 heteroatoms. The van der Waals surface area contributed by atoms with Crippen LogP contribution >= 0.6 is 0 Å². The summed E-state index contributed by atoms with van der Waals surface area (Å²) in [5, 5.41) is 2.84. The fraction of sp³-hybridized carbons (Fsp3) is 0.909. The highest BCUT2D eigenvalue weighted by molar-refractivity contribution is 5.77. The smallest absolute Gasteiger partial charge is 0.234 e. The van der Waals surface area contributed by atoms with Crippen molar-refractivity contribution in [2.24, 2.45) is 5.73 Å². The van der Waals surface area contributed by atoms with E-state index in [1.54, 1.807) is 0 Å². The lowest BCUT2D eigenvalue weighted by Gasteiger charge is -2.28. The van der Waals surface area contributed by atoms with Crippen molar-refractivity contribution in [1.29, 1.82) is 0 Å². The van der Waals surface area contributed by atoms with Gasteiger partial charge in [0, 0.05) is 19.1 Å². The van der Waals surface area contributed by atoms with E-state index in [9.17, 15) is 4.79 Å². The fourth-order valence-electron chi connectivity index (χ4n) is 2.15. The van der Waals surface area contributed by atoms with E-state index >= 15 is 0 Å². The summed E-state index contributed by atoms with van der Waals surface area (Å²) in [6.45, 7) is 4.84. The number of hydrogen-bond donors (Lipinski definition) is 2. The predicted octanol–water partition coefficient (Wildman–Crippen LogP) is 0.326. The molecule has 0 aromatic rings. The lowest BCUT2D eigenvalue weighted by atomic mass is 10.1. The first-order valence-corrected chi connectivity index (χ1v) is 5.98. The molecule has 1 rings (SSSR count). The molecular weight excluding hydrogens is 190 g/mol. The van der Waals surface area contributed by atoms with E-state index in [4.69, 9.17) is 5.73 Å². The van der Waals surface area contributed by atoms with Crippen LogP contribution in [0.3, 0.4) is 0 Å². The summed E-state index contributed by atoms with van der Waals surface area (Å²) in [6, 6.07) is 0.398. The third-order valence-corrected chi connectivity index (χ3v) is 2.99. The average molecular weight is 213 g/mol. The molecule has 0 radical (unpaired) electrons. The summed E-state index contributed by atoms with van der Waals surface area (Å²) in [4.78, 5) is 13.7. The van der Waals surface area contributed by atoms with Gasteiger partial charge in [0.25, 0.3) is 0 Å². The SMILES string of the molecule is CCNC(=O)CN1CCCCCC1CN. The molecule has 0 bridgehead atoms. The third-order valence-electron chi connectivity index (χ3n) is 2.99. The molecule has 0 saturated carbocycles. The Kier molecular flexibility index (Phi) is 5.65. The summed E-state index contributed by atoms with van der Waals surface area (Å²) < 4.78 is 0. The monoisotopic (exact) mass is 213 g/mol. The summed E-state index contributed by atoms with van der Waals surface area (Å²) in [7, 11) is 0. The molecule has 3 N–H and O–H groups in total. The van der Waals surface area contributed by atoms with Gasteiger partial charge in [-0.2, -0.15) is 0 Å². The zero-order valence-electron chi connectivity index (χ0n) is 9.67. The lowest BCUT2D eigenvalue weighted by molar-refractivity contribution is -0.122. The molecule has 0 aliphatic carbocycles. The molecular formula is C11H23N3O. The van der Waals surface area contributed by atoms with E-state index in [1.165, 1.54) is 19.3 Å². The van der Waals surface area contributed by atoms with Crippen LogP contribution in [0.15, 0.2) is 0 Å². The highest BCUT2D eigenvalue weighted by Crippen LogP contribution is 2.15. The Labute approximate surface area is 92.2 Å². The Morgan fingerprint density at radius 1 is 1.47 bits per heavy atom. The minimum Gasteiger partial charge on any atom is -0.355 e. The minimum atomic E-state index is 0.123. The van der Waals surface area contributed by atoms with Gasteiger partial charge in [-0.1, -0.05) is 12.8 Å². The molecule has 1 amide bonds. The van der Waals surface area contributed by atoms with Gasteiger partial charge in [0.05, 0.1) is 6.54 Å². The van der Waals surface area contributed by atoms with Crippen LogP contribution in [0.1, 0.15) is 32.6 Å². The number of likely N-dealkylation sites (tertiary alicyclic amines) is 1. The molecule has 0 aromatic carbocycles. The second-order valence-corrected chi connectivity index (χ2v) is 4.16. The zero-order valence-corrected chi connectivity index (χ0v) is 9.67. The second kappa shape index (κ2) is 6.80. The van der Waals surface area contributed by atoms with Crippen LogP contribution in [0, 0.1) is 0 Å². The second-order valence-electron chi connectivity index (χ2n) is 4.16. The summed E-state index contributed by atoms with van der Waals surface area (Å²) >= 11 is 0. The maximum atomic E-state index is 11.5. The molecule has 1 saturated heterocycles. The Hall–Kier alpha value is -0.610.